The van der Waals surface area contributed by atoms with E-state index in [4.69, 9.17) is 21.4 Å². The number of nitrogens with zero attached hydrogens (tertiary/aromatic N) is 2. The van der Waals surface area contributed by atoms with E-state index in [-0.39, 0.29) is 0 Å². The summed E-state index contributed by atoms with van der Waals surface area (Å²) in [6, 6.07) is 3.33. The molecular formula is C12H10ClN3O4S. The standard InChI is InChI=1S/C12H10ClN3O4S/c13-5-1-2-6-10(16-21-15-6)9(5)14-11(17)7-3-4-8(20-7)12(18)19/h1-2,7-8H,3-4H2,(H,14,17)(H,18,19). The Balaban J connectivity index is 1.79. The molecule has 110 valence electrons. The second kappa shape index (κ2) is 5.55. The molecule has 2 heterocycles. The maximum Gasteiger partial charge on any atom is 0.332 e. The lowest BCUT2D eigenvalue weighted by Gasteiger charge is -2.12. The number of nitrogens with one attached hydrogen (secondary N) is 1. The Kier molecular flexibility index (Phi) is 3.75. The summed E-state index contributed by atoms with van der Waals surface area (Å²) in [4.78, 5) is 23.0. The zero-order chi connectivity index (χ0) is 15.0. The Bertz CT molecular complexity index is 720. The average molecular weight is 328 g/mol. The molecule has 2 unspecified atom stereocenters. The summed E-state index contributed by atoms with van der Waals surface area (Å²) in [5.41, 5.74) is 1.51. The fourth-order valence-electron chi connectivity index (χ4n) is 2.16. The van der Waals surface area contributed by atoms with E-state index in [9.17, 15) is 9.59 Å². The molecule has 1 aliphatic rings. The second-order valence-electron chi connectivity index (χ2n) is 4.57. The quantitative estimate of drug-likeness (QED) is 0.893. The number of ether oxygens (including phenoxy) is 1. The van der Waals surface area contributed by atoms with Crippen LogP contribution in [0.4, 0.5) is 5.69 Å². The Hall–Kier alpha value is -1.77. The molecule has 3 rings (SSSR count). The number of anilines is 1. The molecule has 7 nitrogen and oxygen atoms in total. The monoisotopic (exact) mass is 327 g/mol. The summed E-state index contributed by atoms with van der Waals surface area (Å²) in [5, 5.41) is 11.9. The lowest BCUT2D eigenvalue weighted by atomic mass is 10.2. The maximum absolute atomic E-state index is 12.2. The molecule has 1 aromatic carbocycles. The number of fused-ring (bicyclic) bond motifs is 1. The number of amides is 1. The van der Waals surface area contributed by atoms with Crippen LogP contribution in [0.1, 0.15) is 12.8 Å². The number of carboxylic acid groups (broad SMARTS) is 1. The molecule has 2 atom stereocenters. The number of benzene rings is 1. The van der Waals surface area contributed by atoms with Crippen molar-refractivity contribution in [3.63, 3.8) is 0 Å². The van der Waals surface area contributed by atoms with Gasteiger partial charge in [-0.05, 0) is 25.0 Å². The Morgan fingerprint density at radius 1 is 1.33 bits per heavy atom. The molecule has 21 heavy (non-hydrogen) atoms. The van der Waals surface area contributed by atoms with Crippen LogP contribution in [0.25, 0.3) is 11.0 Å². The average Bonchev–Trinajstić information content (AvgIpc) is 3.09. The molecule has 1 aliphatic heterocycles. The van der Waals surface area contributed by atoms with Crippen LogP contribution in [0.2, 0.25) is 5.02 Å². The van der Waals surface area contributed by atoms with Gasteiger partial charge in [-0.15, -0.1) is 0 Å². The van der Waals surface area contributed by atoms with Crippen LogP contribution in [0.5, 0.6) is 0 Å². The first-order valence-electron chi connectivity index (χ1n) is 6.16. The number of carbonyl (C=O) groups excluding carboxylic acids is 1. The van der Waals surface area contributed by atoms with Crippen LogP contribution in [0.15, 0.2) is 12.1 Å². The van der Waals surface area contributed by atoms with Gasteiger partial charge in [-0.25, -0.2) is 4.79 Å². The number of hydrogen-bond acceptors (Lipinski definition) is 6. The van der Waals surface area contributed by atoms with Gasteiger partial charge in [-0.3, -0.25) is 4.79 Å². The molecule has 0 aliphatic carbocycles. The molecule has 0 saturated carbocycles. The molecule has 0 radical (unpaired) electrons. The number of carboxylic acids is 1. The van der Waals surface area contributed by atoms with Crippen LogP contribution in [0, 0.1) is 0 Å². The van der Waals surface area contributed by atoms with Crippen LogP contribution < -0.4 is 5.32 Å². The van der Waals surface area contributed by atoms with Crippen molar-refractivity contribution in [3.05, 3.63) is 17.2 Å². The highest BCUT2D eigenvalue weighted by Gasteiger charge is 2.35. The highest BCUT2D eigenvalue weighted by molar-refractivity contribution is 7.00. The number of aliphatic carboxylic acids is 1. The SMILES string of the molecule is O=C(O)C1CCC(C(=O)Nc2c(Cl)ccc3nsnc23)O1. The number of hydrogen-bond donors (Lipinski definition) is 2. The maximum atomic E-state index is 12.2. The van der Waals surface area contributed by atoms with E-state index in [1.165, 1.54) is 0 Å². The predicted octanol–water partition coefficient (Wildman–Crippen LogP) is 1.92. The zero-order valence-electron chi connectivity index (χ0n) is 10.6. The normalized spacial score (nSPS) is 21.6. The second-order valence-corrected chi connectivity index (χ2v) is 5.51. The third-order valence-electron chi connectivity index (χ3n) is 3.21. The topological polar surface area (TPSA) is 101 Å². The minimum absolute atomic E-state index is 0.309. The molecule has 0 bridgehead atoms. The van der Waals surface area contributed by atoms with Crippen molar-refractivity contribution < 1.29 is 19.4 Å². The molecule has 2 N–H and O–H groups in total. The number of carbonyl (C=O) groups is 2. The first kappa shape index (κ1) is 14.2. The minimum atomic E-state index is -1.06. The van der Waals surface area contributed by atoms with E-state index in [2.05, 4.69) is 14.1 Å². The number of rotatable bonds is 3. The van der Waals surface area contributed by atoms with Crippen LogP contribution >= 0.6 is 23.3 Å². The van der Waals surface area contributed by atoms with Crippen molar-refractivity contribution in [2.24, 2.45) is 0 Å². The number of halogens is 1. The summed E-state index contributed by atoms with van der Waals surface area (Å²) in [6.07, 6.45) is -1.08. The summed E-state index contributed by atoms with van der Waals surface area (Å²) in [7, 11) is 0. The van der Waals surface area contributed by atoms with Gasteiger partial charge in [-0.2, -0.15) is 8.75 Å². The third kappa shape index (κ3) is 2.69. The molecule has 1 amide bonds. The minimum Gasteiger partial charge on any atom is -0.479 e. The summed E-state index contributed by atoms with van der Waals surface area (Å²) in [5.74, 6) is -1.49. The fourth-order valence-corrected chi connectivity index (χ4v) is 2.90. The van der Waals surface area contributed by atoms with Gasteiger partial charge in [0.15, 0.2) is 6.10 Å². The number of aromatic nitrogens is 2. The molecule has 1 aromatic heterocycles. The fraction of sp³-hybridized carbons (Fsp3) is 0.333. The highest BCUT2D eigenvalue weighted by Crippen LogP contribution is 2.31. The van der Waals surface area contributed by atoms with Crippen LogP contribution in [-0.4, -0.2) is 37.9 Å². The van der Waals surface area contributed by atoms with Crippen LogP contribution in [0.3, 0.4) is 0 Å². The van der Waals surface area contributed by atoms with Crippen LogP contribution in [-0.2, 0) is 14.3 Å². The summed E-state index contributed by atoms with van der Waals surface area (Å²) < 4.78 is 13.4. The van der Waals surface area contributed by atoms with Gasteiger partial charge in [0.25, 0.3) is 5.91 Å². The Morgan fingerprint density at radius 2 is 2.10 bits per heavy atom. The van der Waals surface area contributed by atoms with Crippen molar-refractivity contribution in [2.75, 3.05) is 5.32 Å². The van der Waals surface area contributed by atoms with E-state index in [1.807, 2.05) is 0 Å². The van der Waals surface area contributed by atoms with Crippen molar-refractivity contribution >= 4 is 51.9 Å². The van der Waals surface area contributed by atoms with Crippen molar-refractivity contribution in [3.8, 4) is 0 Å². The van der Waals surface area contributed by atoms with Gasteiger partial charge in [0.05, 0.1) is 22.4 Å². The van der Waals surface area contributed by atoms with E-state index >= 15 is 0 Å². The van der Waals surface area contributed by atoms with Gasteiger partial charge in [0.2, 0.25) is 0 Å². The molecule has 2 aromatic rings. The Morgan fingerprint density at radius 3 is 2.81 bits per heavy atom. The summed E-state index contributed by atoms with van der Waals surface area (Å²) in [6.45, 7) is 0. The van der Waals surface area contributed by atoms with Gasteiger partial charge in [0, 0.05) is 0 Å². The van der Waals surface area contributed by atoms with Crippen molar-refractivity contribution in [1.29, 1.82) is 0 Å². The Labute approximate surface area is 128 Å². The largest absolute Gasteiger partial charge is 0.479 e. The van der Waals surface area contributed by atoms with Gasteiger partial charge < -0.3 is 15.2 Å². The van der Waals surface area contributed by atoms with Crippen molar-refractivity contribution in [1.82, 2.24) is 8.75 Å². The first-order valence-corrected chi connectivity index (χ1v) is 7.27. The molecule has 1 fully saturated rings. The van der Waals surface area contributed by atoms with Gasteiger partial charge in [-0.1, -0.05) is 11.6 Å². The van der Waals surface area contributed by atoms with Gasteiger partial charge >= 0.3 is 5.97 Å². The van der Waals surface area contributed by atoms with E-state index in [0.717, 1.165) is 11.7 Å². The van der Waals surface area contributed by atoms with E-state index < -0.39 is 24.1 Å². The lowest BCUT2D eigenvalue weighted by Crippen LogP contribution is -2.30. The zero-order valence-corrected chi connectivity index (χ0v) is 12.1. The van der Waals surface area contributed by atoms with Crippen molar-refractivity contribution in [2.45, 2.75) is 25.0 Å². The van der Waals surface area contributed by atoms with Gasteiger partial charge in [0.1, 0.15) is 17.1 Å². The molecular weight excluding hydrogens is 318 g/mol. The predicted molar refractivity (Wildman–Crippen MR) is 76.6 cm³/mol. The molecule has 9 heteroatoms. The smallest absolute Gasteiger partial charge is 0.332 e. The van der Waals surface area contributed by atoms with E-state index in [1.54, 1.807) is 12.1 Å². The highest BCUT2D eigenvalue weighted by atomic mass is 35.5. The summed E-state index contributed by atoms with van der Waals surface area (Å²) >= 11 is 7.10. The van der Waals surface area contributed by atoms with E-state index in [0.29, 0.717) is 34.6 Å². The molecule has 1 saturated heterocycles. The lowest BCUT2D eigenvalue weighted by molar-refractivity contribution is -0.150. The third-order valence-corrected chi connectivity index (χ3v) is 4.07. The first-order chi connectivity index (χ1) is 10.1. The molecule has 0 spiro atoms.